The second-order valence-corrected chi connectivity index (χ2v) is 17.8. The van der Waals surface area contributed by atoms with E-state index in [4.69, 9.17) is 13.8 Å². The molecule has 2 aromatic carbocycles. The van der Waals surface area contributed by atoms with Crippen LogP contribution in [-0.2, 0) is 26.5 Å². The zero-order valence-corrected chi connectivity index (χ0v) is 44.6. The normalized spacial score (nSPS) is 10.2. The van der Waals surface area contributed by atoms with Gasteiger partial charge in [-0.05, 0) is 93.9 Å². The van der Waals surface area contributed by atoms with Crippen LogP contribution in [0.1, 0.15) is 145 Å². The van der Waals surface area contributed by atoms with E-state index in [0.29, 0.717) is 24.2 Å². The molecule has 10 heteroatoms. The monoisotopic (exact) mass is 1070 g/mol. The molecule has 0 saturated carbocycles. The number of hydrogen-bond acceptors (Lipinski definition) is 3. The summed E-state index contributed by atoms with van der Waals surface area (Å²) in [6, 6.07) is 12.0. The fraction of sp³-hybridized carbons (Fsp3) is 0.628. The summed E-state index contributed by atoms with van der Waals surface area (Å²) in [7, 11) is 1.14. The Morgan fingerprint density at radius 3 is 1.40 bits per heavy atom. The van der Waals surface area contributed by atoms with E-state index in [9.17, 15) is 0 Å². The molecule has 0 N–H and O–H groups in total. The van der Waals surface area contributed by atoms with E-state index in [2.05, 4.69) is 126 Å². The Labute approximate surface area is 383 Å². The average Bonchev–Trinajstić information content (AvgIpc) is 3.10. The Morgan fingerprint density at radius 2 is 1.11 bits per heavy atom. The van der Waals surface area contributed by atoms with Crippen molar-refractivity contribution in [3.63, 3.8) is 0 Å². The van der Waals surface area contributed by atoms with Gasteiger partial charge >= 0.3 is 21.7 Å². The first-order chi connectivity index (χ1) is 24.6. The van der Waals surface area contributed by atoms with Crippen molar-refractivity contribution in [2.24, 2.45) is 5.92 Å². The first kappa shape index (κ1) is 63.7. The molecule has 0 aromatic heterocycles. The minimum Gasteiger partial charge on any atom is -0.476 e. The number of benzene rings is 2. The van der Waals surface area contributed by atoms with E-state index >= 15 is 0 Å². The summed E-state index contributed by atoms with van der Waals surface area (Å²) in [5, 5.41) is 0. The Balaban J connectivity index is -0.000000194. The van der Waals surface area contributed by atoms with Gasteiger partial charge in [0.1, 0.15) is 11.5 Å². The molecule has 0 aliphatic carbocycles. The second-order valence-electron chi connectivity index (χ2n) is 12.3. The molecule has 0 heterocycles. The Hall–Kier alpha value is 1.49. The number of halogens is 4. The van der Waals surface area contributed by atoms with Crippen molar-refractivity contribution in [2.45, 2.75) is 145 Å². The zero-order chi connectivity index (χ0) is 39.0. The molecule has 3 nitrogen and oxygen atoms in total. The van der Waals surface area contributed by atoms with E-state index in [-0.39, 0.29) is 29.1 Å². The summed E-state index contributed by atoms with van der Waals surface area (Å²) >= 11 is 13.8. The number of rotatable bonds is 23. The van der Waals surface area contributed by atoms with Gasteiger partial charge in [0.25, 0.3) is 0 Å². The van der Waals surface area contributed by atoms with Crippen LogP contribution in [0.4, 0.5) is 0 Å². The maximum Gasteiger partial charge on any atom is 4.00 e. The van der Waals surface area contributed by atoms with Crippen molar-refractivity contribution >= 4 is 81.3 Å². The van der Waals surface area contributed by atoms with Crippen LogP contribution in [0.15, 0.2) is 54.3 Å². The summed E-state index contributed by atoms with van der Waals surface area (Å²) in [4.78, 5) is 0. The van der Waals surface area contributed by atoms with Crippen molar-refractivity contribution in [1.29, 1.82) is 0 Å². The molecule has 0 bridgehead atoms. The van der Waals surface area contributed by atoms with Crippen molar-refractivity contribution < 1.29 is 35.5 Å². The van der Waals surface area contributed by atoms with Gasteiger partial charge in [-0.3, -0.25) is 0 Å². The van der Waals surface area contributed by atoms with Crippen LogP contribution < -0.4 is 9.05 Å². The first-order valence-corrected chi connectivity index (χ1v) is 24.6. The third kappa shape index (κ3) is 49.6. The van der Waals surface area contributed by atoms with Crippen LogP contribution in [0.25, 0.3) is 0 Å². The quantitative estimate of drug-likeness (QED) is 0.0480. The summed E-state index contributed by atoms with van der Waals surface area (Å²) in [5.74, 6) is 2.76. The van der Waals surface area contributed by atoms with E-state index in [1.807, 2.05) is 43.3 Å². The SMILES string of the molecule is CCCCCCPOc1ccc(Br)cc1Br.CCCCCCPOc1ccc(Br)cc1Br.C[CH-]CCCC.[CH2-]CCCCC(C)C.[CH2-]COCC.[CH3-].[Ti+4]. The fourth-order valence-electron chi connectivity index (χ4n) is 3.90. The van der Waals surface area contributed by atoms with Crippen molar-refractivity contribution in [2.75, 3.05) is 25.5 Å². The van der Waals surface area contributed by atoms with Gasteiger partial charge in [0.2, 0.25) is 0 Å². The van der Waals surface area contributed by atoms with Gasteiger partial charge in [0, 0.05) is 27.9 Å². The number of hydrogen-bond donors (Lipinski definition) is 0. The van der Waals surface area contributed by atoms with Crippen LogP contribution in [0.3, 0.4) is 0 Å². The van der Waals surface area contributed by atoms with Crippen LogP contribution >= 0.6 is 81.3 Å². The Bertz CT molecular complexity index is 921. The molecule has 0 fully saturated rings. The van der Waals surface area contributed by atoms with Gasteiger partial charge in [-0.2, -0.15) is 19.8 Å². The third-order valence-electron chi connectivity index (χ3n) is 6.89. The van der Waals surface area contributed by atoms with Gasteiger partial charge in [-0.1, -0.05) is 144 Å². The Morgan fingerprint density at radius 1 is 0.660 bits per heavy atom. The average molecular weight is 1070 g/mol. The van der Waals surface area contributed by atoms with E-state index < -0.39 is 0 Å². The largest absolute Gasteiger partial charge is 4.00 e. The molecule has 53 heavy (non-hydrogen) atoms. The maximum atomic E-state index is 5.73. The molecule has 0 aliphatic heterocycles. The van der Waals surface area contributed by atoms with Crippen molar-refractivity contribution in [3.8, 4) is 11.5 Å². The summed E-state index contributed by atoms with van der Waals surface area (Å²) in [5.41, 5.74) is 0. The van der Waals surface area contributed by atoms with E-state index in [0.717, 1.165) is 48.3 Å². The number of unbranched alkanes of at least 4 members (excludes halogenated alkanes) is 11. The van der Waals surface area contributed by atoms with Crippen LogP contribution in [-0.4, -0.2) is 25.5 Å². The van der Waals surface area contributed by atoms with Crippen molar-refractivity contribution in [3.05, 3.63) is 82.0 Å². The third-order valence-corrected chi connectivity index (χ3v) is 11.0. The molecule has 0 aliphatic rings. The van der Waals surface area contributed by atoms with Crippen LogP contribution in [0, 0.1) is 33.6 Å². The molecular formula is C43H76Br4O3P2Ti. The molecular weight excluding hydrogens is 994 g/mol. The van der Waals surface area contributed by atoms with E-state index in [1.54, 1.807) is 0 Å². The predicted octanol–water partition coefficient (Wildman–Crippen LogP) is 18.3. The molecule has 0 saturated heterocycles. The van der Waals surface area contributed by atoms with Crippen LogP contribution in [0.5, 0.6) is 11.5 Å². The minimum absolute atomic E-state index is 0. The predicted molar refractivity (Wildman–Crippen MR) is 256 cm³/mol. The molecule has 0 spiro atoms. The molecule has 2 atom stereocenters. The molecule has 0 radical (unpaired) electrons. The van der Waals surface area contributed by atoms with Gasteiger partial charge in [0.15, 0.2) is 0 Å². The minimum atomic E-state index is 0. The summed E-state index contributed by atoms with van der Waals surface area (Å²) < 4.78 is 20.4. The molecule has 2 aromatic rings. The first-order valence-electron chi connectivity index (χ1n) is 19.2. The maximum absolute atomic E-state index is 5.73. The zero-order valence-electron chi connectivity index (χ0n) is 34.7. The van der Waals surface area contributed by atoms with E-state index in [1.165, 1.54) is 102 Å². The van der Waals surface area contributed by atoms with Gasteiger partial charge in [-0.15, -0.1) is 0 Å². The van der Waals surface area contributed by atoms with Gasteiger partial charge in [-0.25, -0.2) is 0 Å². The number of ether oxygens (including phenoxy) is 1. The molecule has 308 valence electrons. The van der Waals surface area contributed by atoms with Crippen molar-refractivity contribution in [1.82, 2.24) is 0 Å². The summed E-state index contributed by atoms with van der Waals surface area (Å²) in [6.07, 6.45) is 24.1. The van der Waals surface area contributed by atoms with Gasteiger partial charge in [0.05, 0.1) is 26.6 Å². The van der Waals surface area contributed by atoms with Crippen LogP contribution in [0.2, 0.25) is 0 Å². The Kier molecular flexibility index (Phi) is 61.9. The standard InChI is InChI=1S/2C12H17Br2OP.C8H17.C6H13.C4H9O.CH3.Ti/c2*1-2-3-4-5-8-16-15-12-7-6-10(13)9-11(12)14;1-4-5-6-7-8(2)3;1-3-5-6-4-2;1-3-5-4-2;;/h2*6-7,9,16H,2-5,8H2,1H3;8H,1,4-7H2,2-3H3;3H,4-6H2,1-2H3;1,3-4H2,2H3;1H3;/q;;4*-1;+4. The molecule has 0 amide bonds. The molecule has 2 rings (SSSR count). The van der Waals surface area contributed by atoms with Gasteiger partial charge < -0.3 is 41.5 Å². The fourth-order valence-corrected chi connectivity index (χ4v) is 8.12. The topological polar surface area (TPSA) is 27.7 Å². The smallest absolute Gasteiger partial charge is 0.476 e. The molecule has 2 unspecified atom stereocenters. The summed E-state index contributed by atoms with van der Waals surface area (Å²) in [6.45, 7) is 23.9. The second kappa shape index (κ2) is 51.5.